The third-order valence-corrected chi connectivity index (χ3v) is 7.15. The molecule has 2 nitrogen and oxygen atoms in total. The molecule has 0 heterocycles. The lowest BCUT2D eigenvalue weighted by atomic mass is 9.77. The maximum atomic E-state index is 14.9. The second kappa shape index (κ2) is 11.1. The number of halogens is 3. The van der Waals surface area contributed by atoms with Gasteiger partial charge in [-0.1, -0.05) is 57.0 Å². The van der Waals surface area contributed by atoms with Gasteiger partial charge in [-0.2, -0.15) is 4.39 Å². The summed E-state index contributed by atoms with van der Waals surface area (Å²) in [5, 5.41) is 0. The van der Waals surface area contributed by atoms with Crippen molar-refractivity contribution in [2.45, 2.75) is 64.7 Å². The highest BCUT2D eigenvalue weighted by atomic mass is 19.2. The van der Waals surface area contributed by atoms with E-state index < -0.39 is 23.4 Å². The maximum absolute atomic E-state index is 14.9. The fourth-order valence-electron chi connectivity index (χ4n) is 5.08. The summed E-state index contributed by atoms with van der Waals surface area (Å²) < 4.78 is 49.0. The molecular formula is C30H31F3O2. The molecule has 0 unspecified atom stereocenters. The van der Waals surface area contributed by atoms with E-state index in [0.29, 0.717) is 29.0 Å². The van der Waals surface area contributed by atoms with Gasteiger partial charge in [0.2, 0.25) is 5.82 Å². The Morgan fingerprint density at radius 1 is 0.857 bits per heavy atom. The molecule has 0 aliphatic heterocycles. The van der Waals surface area contributed by atoms with Crippen LogP contribution in [-0.2, 0) is 6.42 Å². The van der Waals surface area contributed by atoms with Crippen molar-refractivity contribution < 1.29 is 22.7 Å². The maximum Gasteiger partial charge on any atom is 0.343 e. The molecule has 184 valence electrons. The number of hydrogen-bond acceptors (Lipinski definition) is 2. The molecule has 1 aliphatic rings. The van der Waals surface area contributed by atoms with Crippen LogP contribution in [0.25, 0.3) is 11.1 Å². The fourth-order valence-corrected chi connectivity index (χ4v) is 5.08. The number of aryl methyl sites for hydroxylation is 1. The number of ether oxygens (including phenoxy) is 1. The van der Waals surface area contributed by atoms with E-state index in [2.05, 4.69) is 6.92 Å². The number of esters is 1. The van der Waals surface area contributed by atoms with Gasteiger partial charge in [0.15, 0.2) is 11.6 Å². The van der Waals surface area contributed by atoms with Gasteiger partial charge in [0, 0.05) is 0 Å². The topological polar surface area (TPSA) is 26.3 Å². The minimum absolute atomic E-state index is 0.00821. The Morgan fingerprint density at radius 3 is 2.17 bits per heavy atom. The number of rotatable bonds is 7. The normalized spacial score (nSPS) is 17.9. The largest absolute Gasteiger partial charge is 0.420 e. The van der Waals surface area contributed by atoms with Crippen LogP contribution in [0.15, 0.2) is 54.6 Å². The van der Waals surface area contributed by atoms with Crippen LogP contribution in [-0.4, -0.2) is 5.97 Å². The van der Waals surface area contributed by atoms with Crippen LogP contribution in [0.5, 0.6) is 5.75 Å². The SMILES string of the molecule is CCCC1CCC(c2ccc(OC(=O)c3ccc(-c4ccc(CC)c(F)c4)cc3)c(F)c2F)CC1. The van der Waals surface area contributed by atoms with Crippen molar-refractivity contribution in [2.24, 2.45) is 5.92 Å². The Hall–Kier alpha value is -3.08. The second-order valence-corrected chi connectivity index (χ2v) is 9.41. The van der Waals surface area contributed by atoms with Crippen molar-refractivity contribution in [1.29, 1.82) is 0 Å². The van der Waals surface area contributed by atoms with E-state index in [1.807, 2.05) is 13.0 Å². The smallest absolute Gasteiger partial charge is 0.343 e. The van der Waals surface area contributed by atoms with Crippen molar-refractivity contribution in [1.82, 2.24) is 0 Å². The van der Waals surface area contributed by atoms with Crippen LogP contribution in [0.4, 0.5) is 13.2 Å². The molecule has 0 N–H and O–H groups in total. The molecule has 0 bridgehead atoms. The number of carbonyl (C=O) groups is 1. The Balaban J connectivity index is 1.44. The van der Waals surface area contributed by atoms with Gasteiger partial charge in [0.05, 0.1) is 5.56 Å². The first-order valence-electron chi connectivity index (χ1n) is 12.5. The van der Waals surface area contributed by atoms with Gasteiger partial charge in [0.25, 0.3) is 0 Å². The molecule has 3 aromatic rings. The van der Waals surface area contributed by atoms with Crippen LogP contribution >= 0.6 is 0 Å². The highest BCUT2D eigenvalue weighted by molar-refractivity contribution is 5.91. The molecule has 3 aromatic carbocycles. The standard InChI is InChI=1S/C30H31F3O2/c1-3-5-19-6-8-22(9-7-19)25-16-17-27(29(33)28(25)32)35-30(34)23-13-11-21(12-14-23)24-15-10-20(4-2)26(31)18-24/h10-19,22H,3-9H2,1-2H3. The second-order valence-electron chi connectivity index (χ2n) is 9.41. The van der Waals surface area contributed by atoms with Crippen LogP contribution in [0.1, 0.15) is 79.8 Å². The quantitative estimate of drug-likeness (QED) is 0.250. The van der Waals surface area contributed by atoms with Gasteiger partial charge in [-0.15, -0.1) is 0 Å². The molecule has 35 heavy (non-hydrogen) atoms. The summed E-state index contributed by atoms with van der Waals surface area (Å²) in [7, 11) is 0. The number of hydrogen-bond donors (Lipinski definition) is 0. The van der Waals surface area contributed by atoms with Gasteiger partial charge in [-0.05, 0) is 90.5 Å². The third-order valence-electron chi connectivity index (χ3n) is 7.15. The van der Waals surface area contributed by atoms with Crippen LogP contribution in [0.3, 0.4) is 0 Å². The van der Waals surface area contributed by atoms with E-state index in [9.17, 15) is 18.0 Å². The Morgan fingerprint density at radius 2 is 1.54 bits per heavy atom. The van der Waals surface area contributed by atoms with Crippen molar-refractivity contribution in [2.75, 3.05) is 0 Å². The molecule has 5 heteroatoms. The molecule has 4 rings (SSSR count). The van der Waals surface area contributed by atoms with E-state index in [-0.39, 0.29) is 17.3 Å². The minimum atomic E-state index is -1.13. The molecule has 1 aliphatic carbocycles. The summed E-state index contributed by atoms with van der Waals surface area (Å²) in [6.45, 7) is 4.06. The molecular weight excluding hydrogens is 449 g/mol. The van der Waals surface area contributed by atoms with Crippen molar-refractivity contribution in [3.63, 3.8) is 0 Å². The van der Waals surface area contributed by atoms with Gasteiger partial charge in [0.1, 0.15) is 5.82 Å². The summed E-state index contributed by atoms with van der Waals surface area (Å²) in [5.41, 5.74) is 2.62. The summed E-state index contributed by atoms with van der Waals surface area (Å²) in [6.07, 6.45) is 6.68. The first-order valence-corrected chi connectivity index (χ1v) is 12.5. The molecule has 0 aromatic heterocycles. The Bertz CT molecular complexity index is 1180. The zero-order valence-corrected chi connectivity index (χ0v) is 20.3. The zero-order valence-electron chi connectivity index (χ0n) is 20.3. The highest BCUT2D eigenvalue weighted by Crippen LogP contribution is 2.40. The van der Waals surface area contributed by atoms with Gasteiger partial charge in [-0.3, -0.25) is 0 Å². The van der Waals surface area contributed by atoms with E-state index in [1.165, 1.54) is 30.7 Å². The van der Waals surface area contributed by atoms with E-state index in [1.54, 1.807) is 24.3 Å². The molecule has 0 spiro atoms. The van der Waals surface area contributed by atoms with Crippen molar-refractivity contribution in [3.05, 3.63) is 88.7 Å². The lowest BCUT2D eigenvalue weighted by Gasteiger charge is -2.29. The molecule has 0 radical (unpaired) electrons. The van der Waals surface area contributed by atoms with Crippen molar-refractivity contribution in [3.8, 4) is 16.9 Å². The number of benzene rings is 3. The Kier molecular flexibility index (Phi) is 7.94. The lowest BCUT2D eigenvalue weighted by molar-refractivity contribution is 0.0726. The average molecular weight is 481 g/mol. The third kappa shape index (κ3) is 5.61. The highest BCUT2D eigenvalue weighted by Gasteiger charge is 2.27. The zero-order chi connectivity index (χ0) is 24.9. The van der Waals surface area contributed by atoms with Crippen LogP contribution in [0.2, 0.25) is 0 Å². The minimum Gasteiger partial charge on any atom is -0.420 e. The predicted octanol–water partition coefficient (Wildman–Crippen LogP) is 8.63. The van der Waals surface area contributed by atoms with Crippen LogP contribution in [0, 0.1) is 23.4 Å². The fraction of sp³-hybridized carbons (Fsp3) is 0.367. The molecule has 0 amide bonds. The van der Waals surface area contributed by atoms with Gasteiger partial charge >= 0.3 is 5.97 Å². The van der Waals surface area contributed by atoms with E-state index in [0.717, 1.165) is 37.7 Å². The van der Waals surface area contributed by atoms with Gasteiger partial charge in [-0.25, -0.2) is 13.6 Å². The van der Waals surface area contributed by atoms with E-state index >= 15 is 0 Å². The monoisotopic (exact) mass is 480 g/mol. The Labute approximate surface area is 205 Å². The first kappa shape index (κ1) is 25.0. The number of carbonyl (C=O) groups excluding carboxylic acids is 1. The van der Waals surface area contributed by atoms with E-state index in [4.69, 9.17) is 4.74 Å². The molecule has 0 saturated heterocycles. The van der Waals surface area contributed by atoms with Gasteiger partial charge < -0.3 is 4.74 Å². The summed E-state index contributed by atoms with van der Waals surface area (Å²) in [5.74, 6) is -2.87. The predicted molar refractivity (Wildman–Crippen MR) is 132 cm³/mol. The average Bonchev–Trinajstić information content (AvgIpc) is 2.88. The molecule has 0 atom stereocenters. The lowest BCUT2D eigenvalue weighted by Crippen LogP contribution is -2.15. The summed E-state index contributed by atoms with van der Waals surface area (Å²) in [4.78, 5) is 12.6. The summed E-state index contributed by atoms with van der Waals surface area (Å²) >= 11 is 0. The van der Waals surface area contributed by atoms with Crippen LogP contribution < -0.4 is 4.74 Å². The molecule has 1 fully saturated rings. The first-order chi connectivity index (χ1) is 16.9. The molecule has 1 saturated carbocycles. The summed E-state index contributed by atoms with van der Waals surface area (Å²) in [6, 6.07) is 14.3. The van der Waals surface area contributed by atoms with Crippen molar-refractivity contribution >= 4 is 5.97 Å².